The van der Waals surface area contributed by atoms with Crippen LogP contribution in [0.3, 0.4) is 0 Å². The van der Waals surface area contributed by atoms with Crippen molar-refractivity contribution in [3.8, 4) is 11.1 Å². The summed E-state index contributed by atoms with van der Waals surface area (Å²) in [6, 6.07) is 5.65. The van der Waals surface area contributed by atoms with Crippen molar-refractivity contribution in [1.82, 2.24) is 0 Å². The number of carboxylic acids is 4. The molecule has 2 rings (SSSR count). The van der Waals surface area contributed by atoms with Crippen LogP contribution in [0.2, 0.25) is 0 Å². The summed E-state index contributed by atoms with van der Waals surface area (Å²) in [5, 5.41) is 44.1. The molecule has 0 aliphatic carbocycles. The molecule has 0 unspecified atom stereocenters. The van der Waals surface area contributed by atoms with Crippen molar-refractivity contribution in [2.24, 2.45) is 0 Å². The summed E-state index contributed by atoms with van der Waals surface area (Å²) < 4.78 is 0. The minimum atomic E-state index is -1.75. The normalized spacial score (nSPS) is 7.22. The number of benzene rings is 2. The van der Waals surface area contributed by atoms with E-state index >= 15 is 0 Å². The SMILES string of the molecule is C=O.C=O.C=O.C=O.O=C([O-])c1ccc(-c2ccc(C(=O)[O-])cc2C(=O)[O-])c(C(=O)[O-])c1.[K+].[K+].[K+].[K+]. The van der Waals surface area contributed by atoms with Crippen LogP contribution in [-0.2, 0) is 19.2 Å². The molecule has 0 N–H and O–H groups in total. The molecule has 2 aromatic rings. The molecule has 0 atom stereocenters. The van der Waals surface area contributed by atoms with Gasteiger partial charge < -0.3 is 58.8 Å². The molecular formula is C20H14K4O12. The fraction of sp³-hybridized carbons (Fsp3) is 0. The Morgan fingerprint density at radius 3 is 0.833 bits per heavy atom. The Bertz CT molecular complexity index is 888. The molecule has 0 radical (unpaired) electrons. The fourth-order valence-electron chi connectivity index (χ4n) is 2.15. The standard InChI is InChI=1S/C16H10O8.4CH2O.4K/c17-13(18)7-1-3-9(11(5-7)15(21)22)10-4-2-8(14(19)20)6-12(10)16(23)24;4*1-2;;;;/h1-6H,(H,17,18)(H,19,20)(H,21,22)(H,23,24);4*1H2;;;;/q;;;;;4*+1/p-4. The molecule has 2 aromatic carbocycles. The number of carboxylic acid groups (broad SMARTS) is 4. The zero-order valence-corrected chi connectivity index (χ0v) is 32.7. The van der Waals surface area contributed by atoms with Gasteiger partial charge in [0.05, 0.1) is 23.9 Å². The minimum absolute atomic E-state index is 0. The van der Waals surface area contributed by atoms with E-state index in [9.17, 15) is 39.6 Å². The Kier molecular flexibility index (Phi) is 48.9. The van der Waals surface area contributed by atoms with Gasteiger partial charge in [-0.1, -0.05) is 24.3 Å². The molecule has 0 heterocycles. The first kappa shape index (κ1) is 53.7. The number of hydrogen-bond donors (Lipinski definition) is 0. The quantitative estimate of drug-likeness (QED) is 0.291. The van der Waals surface area contributed by atoms with Crippen molar-refractivity contribution >= 4 is 51.0 Å². The summed E-state index contributed by atoms with van der Waals surface area (Å²) in [5.74, 6) is -6.75. The fourth-order valence-corrected chi connectivity index (χ4v) is 2.15. The second-order valence-electron chi connectivity index (χ2n) is 4.67. The Hall–Kier alpha value is 1.55. The third kappa shape index (κ3) is 18.8. The van der Waals surface area contributed by atoms with E-state index in [1.807, 2.05) is 27.2 Å². The summed E-state index contributed by atoms with van der Waals surface area (Å²) >= 11 is 0. The van der Waals surface area contributed by atoms with E-state index < -0.39 is 46.1 Å². The Balaban J connectivity index is -0.000000128. The Morgan fingerprint density at radius 2 is 0.667 bits per heavy atom. The van der Waals surface area contributed by atoms with E-state index in [0.717, 1.165) is 36.4 Å². The first-order chi connectivity index (χ1) is 15.2. The third-order valence-electron chi connectivity index (χ3n) is 3.24. The molecule has 0 amide bonds. The molecule has 36 heavy (non-hydrogen) atoms. The van der Waals surface area contributed by atoms with Crippen LogP contribution < -0.4 is 226 Å². The molecule has 0 aromatic heterocycles. The van der Waals surface area contributed by atoms with Crippen LogP contribution in [0.1, 0.15) is 41.4 Å². The minimum Gasteiger partial charge on any atom is -0.545 e. The first-order valence-corrected chi connectivity index (χ1v) is 7.51. The summed E-state index contributed by atoms with van der Waals surface area (Å²) in [4.78, 5) is 76.1. The van der Waals surface area contributed by atoms with E-state index in [1.54, 1.807) is 0 Å². The average Bonchev–Trinajstić information content (AvgIpc) is 2.83. The van der Waals surface area contributed by atoms with Gasteiger partial charge in [-0.3, -0.25) is 0 Å². The topological polar surface area (TPSA) is 229 Å². The van der Waals surface area contributed by atoms with E-state index in [1.165, 1.54) is 0 Å². The number of carbonyl (C=O) groups excluding carboxylic acids is 8. The molecule has 0 spiro atoms. The van der Waals surface area contributed by atoms with Crippen LogP contribution >= 0.6 is 0 Å². The maximum Gasteiger partial charge on any atom is 1.00 e. The van der Waals surface area contributed by atoms with Crippen molar-refractivity contribution in [1.29, 1.82) is 0 Å². The van der Waals surface area contributed by atoms with Gasteiger partial charge in [0.1, 0.15) is 27.2 Å². The summed E-state index contributed by atoms with van der Waals surface area (Å²) in [6.07, 6.45) is 0. The van der Waals surface area contributed by atoms with Crippen molar-refractivity contribution in [3.05, 3.63) is 58.7 Å². The largest absolute Gasteiger partial charge is 1.00 e. The van der Waals surface area contributed by atoms with Crippen molar-refractivity contribution in [2.45, 2.75) is 0 Å². The van der Waals surface area contributed by atoms with E-state index in [4.69, 9.17) is 19.2 Å². The third-order valence-corrected chi connectivity index (χ3v) is 3.24. The smallest absolute Gasteiger partial charge is 0.545 e. The van der Waals surface area contributed by atoms with Crippen molar-refractivity contribution < 1.29 is 264 Å². The monoisotopic (exact) mass is 602 g/mol. The Morgan fingerprint density at radius 1 is 0.444 bits per heavy atom. The predicted molar refractivity (Wildman–Crippen MR) is 97.7 cm³/mol. The van der Waals surface area contributed by atoms with Gasteiger partial charge in [-0.15, -0.1) is 0 Å². The number of carbonyl (C=O) groups is 8. The van der Waals surface area contributed by atoms with Crippen LogP contribution in [0.25, 0.3) is 11.1 Å². The molecule has 16 heteroatoms. The molecular weight excluding hydrogens is 589 g/mol. The van der Waals surface area contributed by atoms with Crippen LogP contribution in [-0.4, -0.2) is 51.0 Å². The maximum absolute atomic E-state index is 11.2. The van der Waals surface area contributed by atoms with Crippen molar-refractivity contribution in [2.75, 3.05) is 0 Å². The second kappa shape index (κ2) is 32.8. The van der Waals surface area contributed by atoms with Crippen LogP contribution in [0.15, 0.2) is 36.4 Å². The first-order valence-electron chi connectivity index (χ1n) is 7.51. The second-order valence-corrected chi connectivity index (χ2v) is 4.67. The molecule has 12 nitrogen and oxygen atoms in total. The molecule has 0 aliphatic heterocycles. The number of rotatable bonds is 5. The number of aromatic carboxylic acids is 4. The predicted octanol–water partition coefficient (Wildman–Crippen LogP) is -15.9. The molecule has 0 saturated heterocycles. The summed E-state index contributed by atoms with van der Waals surface area (Å²) in [6.45, 7) is 8.00. The van der Waals surface area contributed by atoms with Gasteiger partial charge in [-0.25, -0.2) is 0 Å². The molecule has 0 fully saturated rings. The van der Waals surface area contributed by atoms with Crippen molar-refractivity contribution in [3.63, 3.8) is 0 Å². The van der Waals surface area contributed by atoms with E-state index in [2.05, 4.69) is 0 Å². The summed E-state index contributed by atoms with van der Waals surface area (Å²) in [7, 11) is 0. The van der Waals surface area contributed by atoms with Gasteiger partial charge in [-0.2, -0.15) is 0 Å². The molecule has 0 aliphatic rings. The Labute approximate surface area is 376 Å². The van der Waals surface area contributed by atoms with Gasteiger partial charge in [0.2, 0.25) is 0 Å². The molecule has 0 bridgehead atoms. The van der Waals surface area contributed by atoms with Gasteiger partial charge in [-0.05, 0) is 34.4 Å². The molecule has 170 valence electrons. The van der Waals surface area contributed by atoms with Gasteiger partial charge in [0.25, 0.3) is 0 Å². The van der Waals surface area contributed by atoms with E-state index in [0.29, 0.717) is 0 Å². The molecule has 0 saturated carbocycles. The van der Waals surface area contributed by atoms with Gasteiger partial charge >= 0.3 is 206 Å². The summed E-state index contributed by atoms with van der Waals surface area (Å²) in [5.41, 5.74) is -2.44. The van der Waals surface area contributed by atoms with Gasteiger partial charge in [0.15, 0.2) is 0 Å². The van der Waals surface area contributed by atoms with Gasteiger partial charge in [0, 0.05) is 11.1 Å². The van der Waals surface area contributed by atoms with Crippen LogP contribution in [0, 0.1) is 0 Å². The van der Waals surface area contributed by atoms with E-state index in [-0.39, 0.29) is 217 Å². The zero-order chi connectivity index (χ0) is 26.0. The number of hydrogen-bond acceptors (Lipinski definition) is 12. The zero-order valence-electron chi connectivity index (χ0n) is 20.2. The van der Waals surface area contributed by atoms with Crippen LogP contribution in [0.4, 0.5) is 0 Å². The maximum atomic E-state index is 11.2. The average molecular weight is 603 g/mol. The van der Waals surface area contributed by atoms with Crippen LogP contribution in [0.5, 0.6) is 0 Å².